The van der Waals surface area contributed by atoms with Gasteiger partial charge in [-0.25, -0.2) is 15.0 Å². The van der Waals surface area contributed by atoms with Crippen LogP contribution in [0, 0.1) is 11.3 Å². The Balaban J connectivity index is 1.52. The van der Waals surface area contributed by atoms with Gasteiger partial charge in [0.15, 0.2) is 0 Å². The molecule has 1 fully saturated rings. The van der Waals surface area contributed by atoms with E-state index in [1.165, 1.54) is 0 Å². The lowest BCUT2D eigenvalue weighted by atomic mass is 9.90. The minimum atomic E-state index is 0.316. The highest BCUT2D eigenvalue weighted by Gasteiger charge is 2.25. The monoisotopic (exact) mass is 396 g/mol. The number of nitrogens with one attached hydrogen (secondary N) is 1. The van der Waals surface area contributed by atoms with E-state index in [4.69, 9.17) is 5.26 Å². The van der Waals surface area contributed by atoms with Crippen LogP contribution in [0.1, 0.15) is 37.3 Å². The molecular weight excluding hydrogens is 380 g/mol. The van der Waals surface area contributed by atoms with Crippen LogP contribution in [0.5, 0.6) is 0 Å². The molecule has 1 aromatic carbocycles. The zero-order chi connectivity index (χ0) is 17.2. The average molecular weight is 397 g/mol. The number of anilines is 1. The van der Waals surface area contributed by atoms with Crippen molar-refractivity contribution in [1.82, 2.24) is 19.5 Å². The second-order valence-electron chi connectivity index (χ2n) is 6.33. The fourth-order valence-electron chi connectivity index (χ4n) is 3.50. The predicted octanol–water partition coefficient (Wildman–Crippen LogP) is 4.06. The third kappa shape index (κ3) is 3.22. The van der Waals surface area contributed by atoms with E-state index in [2.05, 4.69) is 46.8 Å². The number of nitrogens with zero attached hydrogens (tertiary/aromatic N) is 5. The topological polar surface area (TPSA) is 79.4 Å². The Hall–Kier alpha value is -2.46. The van der Waals surface area contributed by atoms with Gasteiger partial charge in [-0.3, -0.25) is 0 Å². The summed E-state index contributed by atoms with van der Waals surface area (Å²) in [5.41, 5.74) is 2.64. The first-order valence-corrected chi connectivity index (χ1v) is 9.13. The molecule has 2 atom stereocenters. The molecule has 0 bridgehead atoms. The molecule has 0 aliphatic heterocycles. The minimum absolute atomic E-state index is 0.316. The lowest BCUT2D eigenvalue weighted by molar-refractivity contribution is 0.336. The van der Waals surface area contributed by atoms with Crippen LogP contribution in [0.15, 0.2) is 41.4 Å². The molecule has 126 valence electrons. The van der Waals surface area contributed by atoms with Crippen molar-refractivity contribution < 1.29 is 0 Å². The van der Waals surface area contributed by atoms with E-state index < -0.39 is 0 Å². The molecule has 2 aromatic heterocycles. The Kier molecular flexibility index (Phi) is 4.36. The van der Waals surface area contributed by atoms with Gasteiger partial charge in [0.1, 0.15) is 11.6 Å². The van der Waals surface area contributed by atoms with Crippen LogP contribution in [-0.4, -0.2) is 25.6 Å². The number of benzene rings is 1. The summed E-state index contributed by atoms with van der Waals surface area (Å²) in [6, 6.07) is 8.95. The minimum Gasteiger partial charge on any atom is -0.351 e. The Morgan fingerprint density at radius 1 is 1.20 bits per heavy atom. The molecule has 0 spiro atoms. The molecule has 6 nitrogen and oxygen atoms in total. The largest absolute Gasteiger partial charge is 0.351 e. The summed E-state index contributed by atoms with van der Waals surface area (Å²) in [7, 11) is 0. The molecule has 1 aliphatic rings. The molecule has 0 unspecified atom stereocenters. The number of aromatic nitrogens is 4. The van der Waals surface area contributed by atoms with E-state index in [-0.39, 0.29) is 0 Å². The fourth-order valence-corrected chi connectivity index (χ4v) is 3.96. The molecule has 1 aliphatic carbocycles. The van der Waals surface area contributed by atoms with Crippen LogP contribution in [-0.2, 0) is 0 Å². The van der Waals surface area contributed by atoms with Gasteiger partial charge in [-0.2, -0.15) is 5.26 Å². The molecule has 4 rings (SSSR count). The highest BCUT2D eigenvalue weighted by atomic mass is 79.9. The molecule has 0 amide bonds. The smallest absolute Gasteiger partial charge is 0.222 e. The number of hydrogen-bond acceptors (Lipinski definition) is 5. The highest BCUT2D eigenvalue weighted by molar-refractivity contribution is 9.10. The van der Waals surface area contributed by atoms with Gasteiger partial charge in [0.2, 0.25) is 5.95 Å². The molecule has 1 saturated carbocycles. The quantitative estimate of drug-likeness (QED) is 0.721. The first kappa shape index (κ1) is 16.0. The third-order valence-corrected chi connectivity index (χ3v) is 5.35. The summed E-state index contributed by atoms with van der Waals surface area (Å²) >= 11 is 3.57. The first-order valence-electron chi connectivity index (χ1n) is 8.34. The van der Waals surface area contributed by atoms with Gasteiger partial charge < -0.3 is 9.88 Å². The van der Waals surface area contributed by atoms with Crippen molar-refractivity contribution in [2.75, 3.05) is 5.32 Å². The van der Waals surface area contributed by atoms with E-state index in [0.29, 0.717) is 23.6 Å². The van der Waals surface area contributed by atoms with Crippen LogP contribution in [0.4, 0.5) is 5.95 Å². The Labute approximate surface area is 154 Å². The number of halogens is 1. The Morgan fingerprint density at radius 3 is 2.84 bits per heavy atom. The summed E-state index contributed by atoms with van der Waals surface area (Å²) in [4.78, 5) is 13.0. The molecule has 3 aromatic rings. The van der Waals surface area contributed by atoms with E-state index in [1.54, 1.807) is 12.4 Å². The normalized spacial score (nSPS) is 20.3. The lowest BCUT2D eigenvalue weighted by Crippen LogP contribution is -2.29. The molecule has 0 radical (unpaired) electrons. The highest BCUT2D eigenvalue weighted by Crippen LogP contribution is 2.33. The molecule has 2 heterocycles. The number of imidazole rings is 1. The Morgan fingerprint density at radius 2 is 2.04 bits per heavy atom. The zero-order valence-corrected chi connectivity index (χ0v) is 15.1. The van der Waals surface area contributed by atoms with Gasteiger partial charge in [0.05, 0.1) is 29.8 Å². The second-order valence-corrected chi connectivity index (χ2v) is 7.18. The summed E-state index contributed by atoms with van der Waals surface area (Å²) < 4.78 is 3.31. The van der Waals surface area contributed by atoms with Gasteiger partial charge in [-0.15, -0.1) is 0 Å². The maximum absolute atomic E-state index is 8.83. The van der Waals surface area contributed by atoms with E-state index in [9.17, 15) is 0 Å². The van der Waals surface area contributed by atoms with Crippen molar-refractivity contribution >= 4 is 32.9 Å². The van der Waals surface area contributed by atoms with Gasteiger partial charge in [-0.05, 0) is 53.7 Å². The zero-order valence-electron chi connectivity index (χ0n) is 13.6. The molecular formula is C18H17BrN6. The summed E-state index contributed by atoms with van der Waals surface area (Å²) in [6.07, 6.45) is 9.43. The van der Waals surface area contributed by atoms with Crippen molar-refractivity contribution in [3.8, 4) is 6.07 Å². The summed E-state index contributed by atoms with van der Waals surface area (Å²) in [6.45, 7) is 0. The van der Waals surface area contributed by atoms with E-state index >= 15 is 0 Å². The van der Waals surface area contributed by atoms with Gasteiger partial charge >= 0.3 is 0 Å². The maximum atomic E-state index is 8.83. The van der Waals surface area contributed by atoms with Crippen LogP contribution in [0.3, 0.4) is 0 Å². The predicted molar refractivity (Wildman–Crippen MR) is 99.1 cm³/mol. The lowest BCUT2D eigenvalue weighted by Gasteiger charge is -2.31. The SMILES string of the molecule is N#Cc1cnc(N[C@@H]2CCC[C@H](n3cnc4c(Br)cccc43)C2)nc1. The standard InChI is InChI=1S/C18H17BrN6/c19-15-5-2-6-16-17(15)23-11-25(16)14-4-1-3-13(7-14)24-18-21-9-12(8-20)10-22-18/h2,5-6,9-11,13-14H,1,3-4,7H2,(H,21,22,24)/t13-,14+/m1/s1. The van der Waals surface area contributed by atoms with Gasteiger partial charge in [0, 0.05) is 16.6 Å². The molecule has 7 heteroatoms. The van der Waals surface area contributed by atoms with E-state index in [0.717, 1.165) is 41.2 Å². The number of nitriles is 1. The van der Waals surface area contributed by atoms with Crippen LogP contribution in [0.25, 0.3) is 11.0 Å². The van der Waals surface area contributed by atoms with Crippen LogP contribution in [0.2, 0.25) is 0 Å². The van der Waals surface area contributed by atoms with E-state index in [1.807, 2.05) is 24.5 Å². The second kappa shape index (κ2) is 6.81. The number of para-hydroxylation sites is 1. The number of fused-ring (bicyclic) bond motifs is 1. The summed E-state index contributed by atoms with van der Waals surface area (Å²) in [5, 5.41) is 12.2. The summed E-state index contributed by atoms with van der Waals surface area (Å²) in [5.74, 6) is 0.586. The molecule has 25 heavy (non-hydrogen) atoms. The van der Waals surface area contributed by atoms with Gasteiger partial charge in [0.25, 0.3) is 0 Å². The molecule has 0 saturated heterocycles. The molecule has 1 N–H and O–H groups in total. The van der Waals surface area contributed by atoms with Crippen molar-refractivity contribution in [2.45, 2.75) is 37.8 Å². The number of rotatable bonds is 3. The Bertz CT molecular complexity index is 927. The maximum Gasteiger partial charge on any atom is 0.222 e. The van der Waals surface area contributed by atoms with Crippen molar-refractivity contribution in [3.05, 3.63) is 47.0 Å². The van der Waals surface area contributed by atoms with Crippen LogP contribution < -0.4 is 5.32 Å². The first-order chi connectivity index (χ1) is 12.2. The number of hydrogen-bond donors (Lipinski definition) is 1. The average Bonchev–Trinajstić information content (AvgIpc) is 3.08. The fraction of sp³-hybridized carbons (Fsp3) is 0.333. The van der Waals surface area contributed by atoms with Crippen molar-refractivity contribution in [1.29, 1.82) is 5.26 Å². The van der Waals surface area contributed by atoms with Crippen LogP contribution >= 0.6 is 15.9 Å². The van der Waals surface area contributed by atoms with Crippen molar-refractivity contribution in [3.63, 3.8) is 0 Å². The van der Waals surface area contributed by atoms with Gasteiger partial charge in [-0.1, -0.05) is 6.07 Å². The third-order valence-electron chi connectivity index (χ3n) is 4.71. The van der Waals surface area contributed by atoms with Crippen molar-refractivity contribution in [2.24, 2.45) is 0 Å².